The molecule has 1 aliphatic carbocycles. The van der Waals surface area contributed by atoms with Crippen LogP contribution in [-0.4, -0.2) is 82.5 Å². The lowest BCUT2D eigenvalue weighted by Gasteiger charge is -2.51. The maximum Gasteiger partial charge on any atom is 0.316 e. The van der Waals surface area contributed by atoms with Crippen molar-refractivity contribution in [2.45, 2.75) is 128 Å². The van der Waals surface area contributed by atoms with Gasteiger partial charge in [0.05, 0.1) is 24.9 Å². The number of hydrogen-bond donors (Lipinski definition) is 3. The van der Waals surface area contributed by atoms with Gasteiger partial charge in [0, 0.05) is 19.3 Å². The SMILES string of the molecule is CC[C@H](C)[C@H]1O[C@]2(CC[C@@H]1C)C[C@@H]1C[C@@H](C/C=C(\C)[C@H](NC(=O)CCl)[C@@H](C)/C=C/C=C3\CO[C@@H]4[C@H](O)C(C)=C[C@@H](C(=O)O1)[C@]34O)O2. The Bertz CT molecular complexity index is 1270. The molecule has 5 aliphatic rings. The second-order valence-electron chi connectivity index (χ2n) is 14.3. The van der Waals surface area contributed by atoms with E-state index in [-0.39, 0.29) is 42.6 Å². The van der Waals surface area contributed by atoms with Crippen molar-refractivity contribution >= 4 is 23.5 Å². The Labute approximate surface area is 278 Å². The molecule has 9 nitrogen and oxygen atoms in total. The van der Waals surface area contributed by atoms with Gasteiger partial charge in [0.15, 0.2) is 5.79 Å². The Balaban J connectivity index is 1.56. The fourth-order valence-corrected chi connectivity index (χ4v) is 8.10. The van der Waals surface area contributed by atoms with Gasteiger partial charge >= 0.3 is 5.97 Å². The Kier molecular flexibility index (Phi) is 10.9. The average molecular weight is 662 g/mol. The van der Waals surface area contributed by atoms with Crippen LogP contribution in [0.1, 0.15) is 80.1 Å². The summed E-state index contributed by atoms with van der Waals surface area (Å²) >= 11 is 5.88. The number of aliphatic hydroxyl groups excluding tert-OH is 1. The molecule has 1 spiro atoms. The van der Waals surface area contributed by atoms with Gasteiger partial charge in [-0.05, 0) is 55.6 Å². The molecule has 2 bridgehead atoms. The number of rotatable bonds is 4. The summed E-state index contributed by atoms with van der Waals surface area (Å²) in [6.45, 7) is 12.4. The molecule has 3 N–H and O–H groups in total. The Morgan fingerprint density at radius 1 is 1.20 bits per heavy atom. The second kappa shape index (κ2) is 14.2. The molecule has 1 amide bonds. The van der Waals surface area contributed by atoms with Crippen molar-refractivity contribution in [3.63, 3.8) is 0 Å². The first-order valence-electron chi connectivity index (χ1n) is 17.0. The van der Waals surface area contributed by atoms with E-state index in [9.17, 15) is 19.8 Å². The van der Waals surface area contributed by atoms with E-state index in [0.29, 0.717) is 48.7 Å². The number of hydrogen-bond acceptors (Lipinski definition) is 8. The molecule has 10 heteroatoms. The number of carbonyl (C=O) groups is 2. The summed E-state index contributed by atoms with van der Waals surface area (Å²) < 4.78 is 25.9. The van der Waals surface area contributed by atoms with Crippen molar-refractivity contribution in [3.8, 4) is 0 Å². The van der Waals surface area contributed by atoms with Crippen molar-refractivity contribution < 1.29 is 38.7 Å². The van der Waals surface area contributed by atoms with Gasteiger partial charge < -0.3 is 34.5 Å². The fourth-order valence-electron chi connectivity index (χ4n) is 8.02. The summed E-state index contributed by atoms with van der Waals surface area (Å²) in [7, 11) is 0. The van der Waals surface area contributed by atoms with Gasteiger partial charge in [0.2, 0.25) is 5.91 Å². The van der Waals surface area contributed by atoms with Gasteiger partial charge in [0.25, 0.3) is 0 Å². The standard InChI is InChI=1S/C36H52ClNO8/c1-7-20(2)32-23(5)13-14-35(46-32)17-27-16-26(45-35)12-11-22(4)30(38-29(39)18-37)21(3)9-8-10-25-19-43-33-31(40)24(6)15-28(34(41)44-27)36(25,33)42/h8-11,15,20-21,23,26-28,30-33,40,42H,7,12-14,16-19H2,1-6H3,(H,38,39)/b9-8+,22-11+,25-10+/t20-,21-,23-,26+,27-,28-,30+,31+,32+,33+,35+,36+/m0/s1. The van der Waals surface area contributed by atoms with Crippen LogP contribution in [0.25, 0.3) is 0 Å². The first-order valence-corrected chi connectivity index (χ1v) is 17.5. The van der Waals surface area contributed by atoms with Crippen LogP contribution in [0.15, 0.2) is 47.1 Å². The van der Waals surface area contributed by atoms with Gasteiger partial charge in [-0.3, -0.25) is 9.59 Å². The third kappa shape index (κ3) is 6.92. The lowest BCUT2D eigenvalue weighted by atomic mass is 9.71. The number of fused-ring (bicyclic) bond motifs is 2. The summed E-state index contributed by atoms with van der Waals surface area (Å²) in [4.78, 5) is 26.5. The molecule has 0 aromatic rings. The zero-order chi connectivity index (χ0) is 33.4. The average Bonchev–Trinajstić information content (AvgIpc) is 3.37. The Morgan fingerprint density at radius 2 is 1.96 bits per heavy atom. The van der Waals surface area contributed by atoms with Crippen molar-refractivity contribution in [1.82, 2.24) is 5.32 Å². The number of allylic oxidation sites excluding steroid dienone is 2. The predicted molar refractivity (Wildman–Crippen MR) is 175 cm³/mol. The first kappa shape index (κ1) is 35.3. The molecule has 0 aromatic carbocycles. The smallest absolute Gasteiger partial charge is 0.316 e. The minimum Gasteiger partial charge on any atom is -0.462 e. The van der Waals surface area contributed by atoms with E-state index in [1.54, 1.807) is 25.2 Å². The van der Waals surface area contributed by atoms with Crippen molar-refractivity contribution in [2.24, 2.45) is 23.7 Å². The number of esters is 1. The maximum atomic E-state index is 14.1. The normalized spacial score (nSPS) is 45.3. The van der Waals surface area contributed by atoms with E-state index >= 15 is 0 Å². The van der Waals surface area contributed by atoms with E-state index in [2.05, 4.69) is 32.2 Å². The molecular weight excluding hydrogens is 610 g/mol. The lowest BCUT2D eigenvalue weighted by molar-refractivity contribution is -0.340. The maximum absolute atomic E-state index is 14.1. The highest BCUT2D eigenvalue weighted by atomic mass is 35.5. The zero-order valence-electron chi connectivity index (χ0n) is 28.0. The van der Waals surface area contributed by atoms with Crippen LogP contribution in [0, 0.1) is 23.7 Å². The first-order chi connectivity index (χ1) is 21.8. The number of aliphatic hydroxyl groups is 2. The molecule has 12 atom stereocenters. The monoisotopic (exact) mass is 661 g/mol. The molecule has 4 heterocycles. The number of ether oxygens (including phenoxy) is 4. The van der Waals surface area contributed by atoms with Crippen molar-refractivity contribution in [2.75, 3.05) is 12.5 Å². The summed E-state index contributed by atoms with van der Waals surface area (Å²) in [5, 5.41) is 26.3. The molecule has 46 heavy (non-hydrogen) atoms. The van der Waals surface area contributed by atoms with E-state index < -0.39 is 41.6 Å². The van der Waals surface area contributed by atoms with Gasteiger partial charge in [-0.15, -0.1) is 11.6 Å². The van der Waals surface area contributed by atoms with Gasteiger partial charge in [0.1, 0.15) is 35.7 Å². The topological polar surface area (TPSA) is 124 Å². The predicted octanol–water partition coefficient (Wildman–Crippen LogP) is 4.89. The second-order valence-corrected chi connectivity index (χ2v) is 14.6. The molecule has 5 rings (SSSR count). The molecular formula is C36H52ClNO8. The zero-order valence-corrected chi connectivity index (χ0v) is 28.8. The molecule has 0 saturated carbocycles. The molecule has 0 unspecified atom stereocenters. The Hall–Kier alpha value is -2.01. The molecule has 0 aromatic heterocycles. The highest BCUT2D eigenvalue weighted by Crippen LogP contribution is 2.48. The molecule has 256 valence electrons. The fraction of sp³-hybridized carbons (Fsp3) is 0.722. The van der Waals surface area contributed by atoms with Crippen LogP contribution in [0.4, 0.5) is 0 Å². The third-order valence-corrected chi connectivity index (χ3v) is 11.2. The molecule has 0 radical (unpaired) electrons. The Morgan fingerprint density at radius 3 is 2.67 bits per heavy atom. The summed E-state index contributed by atoms with van der Waals surface area (Å²) in [5.41, 5.74) is 0.205. The minimum absolute atomic E-state index is 0.0157. The van der Waals surface area contributed by atoms with E-state index in [4.69, 9.17) is 30.5 Å². The summed E-state index contributed by atoms with van der Waals surface area (Å²) in [5.74, 6) is -2.36. The van der Waals surface area contributed by atoms with E-state index in [0.717, 1.165) is 18.4 Å². The summed E-state index contributed by atoms with van der Waals surface area (Å²) in [6.07, 6.45) is 10.3. The van der Waals surface area contributed by atoms with Crippen LogP contribution in [0.2, 0.25) is 0 Å². The van der Waals surface area contributed by atoms with E-state index in [1.165, 1.54) is 0 Å². The van der Waals surface area contributed by atoms with Crippen LogP contribution in [0.3, 0.4) is 0 Å². The molecule has 3 saturated heterocycles. The minimum atomic E-state index is -1.79. The van der Waals surface area contributed by atoms with Crippen molar-refractivity contribution in [1.29, 1.82) is 0 Å². The van der Waals surface area contributed by atoms with Crippen LogP contribution >= 0.6 is 11.6 Å². The van der Waals surface area contributed by atoms with Gasteiger partial charge in [-0.2, -0.15) is 0 Å². The van der Waals surface area contributed by atoms with Gasteiger partial charge in [-0.25, -0.2) is 0 Å². The van der Waals surface area contributed by atoms with E-state index in [1.807, 2.05) is 19.9 Å². The highest BCUT2D eigenvalue weighted by molar-refractivity contribution is 6.27. The quantitative estimate of drug-likeness (QED) is 0.221. The number of halogens is 1. The van der Waals surface area contributed by atoms with Gasteiger partial charge in [-0.1, -0.05) is 70.1 Å². The van der Waals surface area contributed by atoms with Crippen LogP contribution in [0.5, 0.6) is 0 Å². The number of alkyl halides is 1. The number of carbonyl (C=O) groups excluding carboxylic acids is 2. The number of amides is 1. The largest absolute Gasteiger partial charge is 0.462 e. The summed E-state index contributed by atoms with van der Waals surface area (Å²) in [6, 6.07) is -0.327. The molecule has 3 fully saturated rings. The molecule has 4 aliphatic heterocycles. The third-order valence-electron chi connectivity index (χ3n) is 11.0. The van der Waals surface area contributed by atoms with Crippen molar-refractivity contribution in [3.05, 3.63) is 47.1 Å². The lowest BCUT2D eigenvalue weighted by Crippen LogP contribution is -2.58. The van der Waals surface area contributed by atoms with Crippen LogP contribution in [-0.2, 0) is 28.5 Å². The van der Waals surface area contributed by atoms with Crippen LogP contribution < -0.4 is 5.32 Å². The number of nitrogens with one attached hydrogen (secondary N) is 1. The highest BCUT2D eigenvalue weighted by Gasteiger charge is 2.60.